The lowest BCUT2D eigenvalue weighted by atomic mass is 10.1. The SMILES string of the molecule is CCOC(=O)C(C(N)=NCCO)=C(N)CC. The van der Waals surface area contributed by atoms with Crippen molar-refractivity contribution in [3.63, 3.8) is 0 Å². The number of amidine groups is 1. The first-order chi connectivity index (χ1) is 7.58. The molecule has 0 radical (unpaired) electrons. The lowest BCUT2D eigenvalue weighted by molar-refractivity contribution is -0.137. The van der Waals surface area contributed by atoms with Crippen LogP contribution in [0.1, 0.15) is 20.3 Å². The Hall–Kier alpha value is -1.56. The highest BCUT2D eigenvalue weighted by Crippen LogP contribution is 2.06. The van der Waals surface area contributed by atoms with Crippen LogP contribution in [0.15, 0.2) is 16.3 Å². The number of carbonyl (C=O) groups is 1. The number of aliphatic imine (C=N–C) groups is 1. The number of nitrogens with two attached hydrogens (primary N) is 2. The van der Waals surface area contributed by atoms with E-state index in [4.69, 9.17) is 21.3 Å². The maximum Gasteiger partial charge on any atom is 0.343 e. The van der Waals surface area contributed by atoms with E-state index < -0.39 is 5.97 Å². The summed E-state index contributed by atoms with van der Waals surface area (Å²) >= 11 is 0. The van der Waals surface area contributed by atoms with Crippen LogP contribution in [0.5, 0.6) is 0 Å². The number of aliphatic hydroxyl groups excluding tert-OH is 1. The summed E-state index contributed by atoms with van der Waals surface area (Å²) in [5.74, 6) is -0.576. The number of carbonyl (C=O) groups excluding carboxylic acids is 1. The van der Waals surface area contributed by atoms with Crippen molar-refractivity contribution in [2.45, 2.75) is 20.3 Å². The van der Waals surface area contributed by atoms with Gasteiger partial charge >= 0.3 is 5.97 Å². The zero-order valence-electron chi connectivity index (χ0n) is 9.69. The lowest BCUT2D eigenvalue weighted by Gasteiger charge is -2.09. The predicted molar refractivity (Wildman–Crippen MR) is 61.7 cm³/mol. The number of nitrogens with zero attached hydrogens (tertiary/aromatic N) is 1. The van der Waals surface area contributed by atoms with Gasteiger partial charge in [0.2, 0.25) is 0 Å². The molecule has 0 aromatic heterocycles. The Labute approximate surface area is 95.0 Å². The highest BCUT2D eigenvalue weighted by atomic mass is 16.5. The molecule has 0 aliphatic carbocycles. The second-order valence-corrected chi connectivity index (χ2v) is 2.96. The van der Waals surface area contributed by atoms with Gasteiger partial charge in [-0.1, -0.05) is 6.92 Å². The Morgan fingerprint density at radius 1 is 1.38 bits per heavy atom. The summed E-state index contributed by atoms with van der Waals surface area (Å²) in [6.07, 6.45) is 0.476. The van der Waals surface area contributed by atoms with E-state index in [1.54, 1.807) is 13.8 Å². The molecule has 0 aliphatic rings. The van der Waals surface area contributed by atoms with E-state index in [9.17, 15) is 4.79 Å². The molecule has 0 aromatic carbocycles. The summed E-state index contributed by atoms with van der Waals surface area (Å²) in [6, 6.07) is 0. The van der Waals surface area contributed by atoms with Crippen LogP contribution in [-0.4, -0.2) is 36.7 Å². The summed E-state index contributed by atoms with van der Waals surface area (Å²) in [7, 11) is 0. The van der Waals surface area contributed by atoms with Gasteiger partial charge in [-0.15, -0.1) is 0 Å². The summed E-state index contributed by atoms with van der Waals surface area (Å²) in [6.45, 7) is 3.73. The van der Waals surface area contributed by atoms with Crippen LogP contribution in [0.3, 0.4) is 0 Å². The molecule has 0 amide bonds. The number of hydrogen-bond donors (Lipinski definition) is 3. The fraction of sp³-hybridized carbons (Fsp3) is 0.600. The third kappa shape index (κ3) is 4.31. The minimum absolute atomic E-state index is 0.00634. The molecule has 5 N–H and O–H groups in total. The number of aliphatic hydroxyl groups is 1. The van der Waals surface area contributed by atoms with Crippen LogP contribution in [0.4, 0.5) is 0 Å². The van der Waals surface area contributed by atoms with Gasteiger partial charge in [0.15, 0.2) is 0 Å². The zero-order chi connectivity index (χ0) is 12.6. The Bertz CT molecular complexity index is 298. The van der Waals surface area contributed by atoms with Gasteiger partial charge in [0, 0.05) is 5.70 Å². The lowest BCUT2D eigenvalue weighted by Crippen LogP contribution is -2.27. The van der Waals surface area contributed by atoms with Gasteiger partial charge in [0.05, 0.1) is 19.8 Å². The molecular formula is C10H19N3O3. The van der Waals surface area contributed by atoms with Crippen molar-refractivity contribution in [2.75, 3.05) is 19.8 Å². The van der Waals surface area contributed by atoms with Crippen LogP contribution >= 0.6 is 0 Å². The van der Waals surface area contributed by atoms with E-state index >= 15 is 0 Å². The normalized spacial score (nSPS) is 13.3. The molecule has 0 fully saturated rings. The number of hydrogen-bond acceptors (Lipinski definition) is 5. The Balaban J connectivity index is 5.03. The quantitative estimate of drug-likeness (QED) is 0.246. The Kier molecular flexibility index (Phi) is 6.95. The van der Waals surface area contributed by atoms with Crippen LogP contribution in [0.25, 0.3) is 0 Å². The van der Waals surface area contributed by atoms with E-state index in [1.165, 1.54) is 0 Å². The summed E-state index contributed by atoms with van der Waals surface area (Å²) in [5.41, 5.74) is 11.7. The van der Waals surface area contributed by atoms with Crippen molar-refractivity contribution in [1.82, 2.24) is 0 Å². The Morgan fingerprint density at radius 3 is 2.44 bits per heavy atom. The van der Waals surface area contributed by atoms with Crippen molar-refractivity contribution >= 4 is 11.8 Å². The molecule has 0 aliphatic heterocycles. The standard InChI is InChI=1S/C10H19N3O3/c1-3-7(11)8(10(15)16-4-2)9(12)13-5-6-14/h14H,3-6,11H2,1-2H3,(H2,12,13). The van der Waals surface area contributed by atoms with Gasteiger partial charge in [0.1, 0.15) is 11.4 Å². The van der Waals surface area contributed by atoms with Crippen LogP contribution in [-0.2, 0) is 9.53 Å². The maximum atomic E-state index is 11.6. The fourth-order valence-corrected chi connectivity index (χ4v) is 1.03. The van der Waals surface area contributed by atoms with Crippen LogP contribution in [0.2, 0.25) is 0 Å². The number of ether oxygens (including phenoxy) is 1. The van der Waals surface area contributed by atoms with Crippen LogP contribution in [0, 0.1) is 0 Å². The van der Waals surface area contributed by atoms with E-state index in [0.717, 1.165) is 0 Å². The van der Waals surface area contributed by atoms with Gasteiger partial charge in [-0.05, 0) is 13.3 Å². The molecular weight excluding hydrogens is 210 g/mol. The largest absolute Gasteiger partial charge is 0.462 e. The second-order valence-electron chi connectivity index (χ2n) is 2.96. The second kappa shape index (κ2) is 7.70. The molecule has 0 bridgehead atoms. The monoisotopic (exact) mass is 229 g/mol. The molecule has 0 spiro atoms. The third-order valence-electron chi connectivity index (χ3n) is 1.82. The Morgan fingerprint density at radius 2 is 2.00 bits per heavy atom. The van der Waals surface area contributed by atoms with E-state index in [0.29, 0.717) is 12.1 Å². The van der Waals surface area contributed by atoms with Gasteiger partial charge in [-0.3, -0.25) is 4.99 Å². The molecule has 16 heavy (non-hydrogen) atoms. The van der Waals surface area contributed by atoms with Crippen molar-refractivity contribution in [3.05, 3.63) is 11.3 Å². The molecule has 0 saturated carbocycles. The van der Waals surface area contributed by atoms with Crippen molar-refractivity contribution in [3.8, 4) is 0 Å². The molecule has 0 unspecified atom stereocenters. The van der Waals surface area contributed by atoms with Crippen LogP contribution < -0.4 is 11.5 Å². The molecule has 0 heterocycles. The first-order valence-electron chi connectivity index (χ1n) is 5.15. The van der Waals surface area contributed by atoms with Gasteiger partial charge in [-0.25, -0.2) is 4.79 Å². The van der Waals surface area contributed by atoms with Gasteiger partial charge in [-0.2, -0.15) is 0 Å². The number of allylic oxidation sites excluding steroid dienone is 1. The highest BCUT2D eigenvalue weighted by Gasteiger charge is 2.18. The molecule has 0 saturated heterocycles. The minimum Gasteiger partial charge on any atom is -0.462 e. The molecule has 6 heteroatoms. The smallest absolute Gasteiger partial charge is 0.343 e. The average Bonchev–Trinajstić information content (AvgIpc) is 2.26. The third-order valence-corrected chi connectivity index (χ3v) is 1.82. The maximum absolute atomic E-state index is 11.6. The summed E-state index contributed by atoms with van der Waals surface area (Å²) in [4.78, 5) is 15.4. The van der Waals surface area contributed by atoms with E-state index in [-0.39, 0.29) is 31.2 Å². The van der Waals surface area contributed by atoms with Gasteiger partial charge in [0.25, 0.3) is 0 Å². The minimum atomic E-state index is -0.582. The van der Waals surface area contributed by atoms with Crippen molar-refractivity contribution < 1.29 is 14.6 Å². The molecule has 6 nitrogen and oxygen atoms in total. The molecule has 0 rings (SSSR count). The zero-order valence-corrected chi connectivity index (χ0v) is 9.69. The number of esters is 1. The predicted octanol–water partition coefficient (Wildman–Crippen LogP) is -0.478. The topological polar surface area (TPSA) is 111 Å². The first kappa shape index (κ1) is 14.4. The highest BCUT2D eigenvalue weighted by molar-refractivity contribution is 6.18. The molecule has 92 valence electrons. The van der Waals surface area contributed by atoms with Crippen molar-refractivity contribution in [2.24, 2.45) is 16.5 Å². The summed E-state index contributed by atoms with van der Waals surface area (Å²) in [5, 5.41) is 8.61. The number of rotatable bonds is 6. The van der Waals surface area contributed by atoms with Crippen molar-refractivity contribution in [1.29, 1.82) is 0 Å². The van der Waals surface area contributed by atoms with Gasteiger partial charge < -0.3 is 21.3 Å². The molecule has 0 aromatic rings. The van der Waals surface area contributed by atoms with E-state index in [2.05, 4.69) is 4.99 Å². The fourth-order valence-electron chi connectivity index (χ4n) is 1.03. The van der Waals surface area contributed by atoms with E-state index in [1.807, 2.05) is 0 Å². The summed E-state index contributed by atoms with van der Waals surface area (Å²) < 4.78 is 4.83. The molecule has 0 atom stereocenters. The average molecular weight is 229 g/mol. The first-order valence-corrected chi connectivity index (χ1v) is 5.15.